The predicted octanol–water partition coefficient (Wildman–Crippen LogP) is 2.43. The lowest BCUT2D eigenvalue weighted by atomic mass is 10.1. The summed E-state index contributed by atoms with van der Waals surface area (Å²) in [7, 11) is 2.83. The molecule has 0 radical (unpaired) electrons. The fourth-order valence-electron chi connectivity index (χ4n) is 3.11. The minimum absolute atomic E-state index is 0.313. The predicted molar refractivity (Wildman–Crippen MR) is 103 cm³/mol. The van der Waals surface area contributed by atoms with Gasteiger partial charge in [0.15, 0.2) is 0 Å². The summed E-state index contributed by atoms with van der Waals surface area (Å²) in [6.07, 6.45) is -0.0293. The Morgan fingerprint density at radius 2 is 1.93 bits per heavy atom. The zero-order valence-electron chi connectivity index (χ0n) is 17.2. The highest BCUT2D eigenvalue weighted by Crippen LogP contribution is 2.36. The van der Waals surface area contributed by atoms with Crippen LogP contribution in [0, 0.1) is 0 Å². The molecule has 0 bridgehead atoms. The molecule has 1 aromatic rings. The number of amides is 2. The molecule has 1 N–H and O–H groups in total. The number of nitrogens with zero attached hydrogens (tertiary/aromatic N) is 1. The first-order valence-electron chi connectivity index (χ1n) is 9.18. The summed E-state index contributed by atoms with van der Waals surface area (Å²) in [6.45, 7) is 7.00. The molecule has 0 saturated carbocycles. The van der Waals surface area contributed by atoms with Crippen LogP contribution in [-0.4, -0.2) is 49.9 Å². The third-order valence-electron chi connectivity index (χ3n) is 4.38. The van der Waals surface area contributed by atoms with E-state index in [1.54, 1.807) is 53.0 Å². The topological polar surface area (TPSA) is 94.2 Å². The monoisotopic (exact) mass is 392 g/mol. The van der Waals surface area contributed by atoms with E-state index in [0.717, 1.165) is 5.56 Å². The summed E-state index contributed by atoms with van der Waals surface area (Å²) < 4.78 is 15.4. The van der Waals surface area contributed by atoms with Gasteiger partial charge < -0.3 is 19.5 Å². The van der Waals surface area contributed by atoms with Crippen LogP contribution in [0.4, 0.5) is 10.5 Å². The molecule has 1 aliphatic heterocycles. The van der Waals surface area contributed by atoms with E-state index in [0.29, 0.717) is 24.3 Å². The van der Waals surface area contributed by atoms with Crippen LogP contribution in [0.3, 0.4) is 0 Å². The first-order chi connectivity index (χ1) is 13.1. The Labute approximate surface area is 165 Å². The molecule has 0 saturated heterocycles. The van der Waals surface area contributed by atoms with Crippen molar-refractivity contribution in [2.24, 2.45) is 0 Å². The van der Waals surface area contributed by atoms with E-state index in [1.807, 2.05) is 0 Å². The fraction of sp³-hybridized carbons (Fsp3) is 0.550. The number of esters is 1. The van der Waals surface area contributed by atoms with Crippen molar-refractivity contribution in [3.8, 4) is 5.75 Å². The molecule has 1 aliphatic rings. The Kier molecular flexibility index (Phi) is 6.53. The van der Waals surface area contributed by atoms with Crippen molar-refractivity contribution in [1.29, 1.82) is 0 Å². The van der Waals surface area contributed by atoms with Crippen molar-refractivity contribution in [1.82, 2.24) is 5.32 Å². The van der Waals surface area contributed by atoms with E-state index >= 15 is 0 Å². The summed E-state index contributed by atoms with van der Waals surface area (Å²) >= 11 is 0. The van der Waals surface area contributed by atoms with Crippen molar-refractivity contribution in [2.45, 2.75) is 58.2 Å². The number of rotatable bonds is 5. The molecule has 2 amide bonds. The van der Waals surface area contributed by atoms with Crippen LogP contribution < -0.4 is 15.0 Å². The van der Waals surface area contributed by atoms with Gasteiger partial charge in [-0.3, -0.25) is 9.69 Å². The van der Waals surface area contributed by atoms with Crippen molar-refractivity contribution >= 4 is 23.7 Å². The highest BCUT2D eigenvalue weighted by Gasteiger charge is 2.41. The number of carbonyl (C=O) groups excluding carboxylic acids is 3. The zero-order valence-corrected chi connectivity index (χ0v) is 17.2. The minimum atomic E-state index is -0.838. The summed E-state index contributed by atoms with van der Waals surface area (Å²) in [5.74, 6) is -0.279. The van der Waals surface area contributed by atoms with Gasteiger partial charge in [0.2, 0.25) is 0 Å². The fourth-order valence-corrected chi connectivity index (χ4v) is 3.11. The number of alkyl carbamates (subject to hydrolysis) is 1. The van der Waals surface area contributed by atoms with Crippen LogP contribution >= 0.6 is 0 Å². The van der Waals surface area contributed by atoms with Gasteiger partial charge in [0.05, 0.1) is 14.2 Å². The van der Waals surface area contributed by atoms with Crippen LogP contribution in [0.1, 0.15) is 39.7 Å². The van der Waals surface area contributed by atoms with Crippen molar-refractivity contribution < 1.29 is 28.6 Å². The number of anilines is 1. The molecule has 0 fully saturated rings. The second-order valence-electron chi connectivity index (χ2n) is 7.55. The first kappa shape index (κ1) is 21.5. The van der Waals surface area contributed by atoms with Crippen LogP contribution in [-0.2, 0) is 25.5 Å². The number of ether oxygens (including phenoxy) is 3. The molecular weight excluding hydrogens is 364 g/mol. The van der Waals surface area contributed by atoms with E-state index in [-0.39, 0.29) is 0 Å². The number of nitrogens with one attached hydrogen (secondary N) is 1. The van der Waals surface area contributed by atoms with Gasteiger partial charge in [-0.05, 0) is 51.0 Å². The summed E-state index contributed by atoms with van der Waals surface area (Å²) in [6, 6.07) is 3.61. The zero-order chi connectivity index (χ0) is 21.1. The normalized spacial score (nSPS) is 16.8. The molecule has 154 valence electrons. The van der Waals surface area contributed by atoms with E-state index in [2.05, 4.69) is 5.32 Å². The smallest absolute Gasteiger partial charge is 0.408 e. The quantitative estimate of drug-likeness (QED) is 0.774. The molecular formula is C20H28N2O6. The maximum atomic E-state index is 13.2. The van der Waals surface area contributed by atoms with E-state index in [1.165, 1.54) is 12.0 Å². The minimum Gasteiger partial charge on any atom is -0.497 e. The lowest BCUT2D eigenvalue weighted by Gasteiger charge is -2.29. The Bertz CT molecular complexity index is 756. The number of carbonyl (C=O) groups is 3. The number of hydrogen-bond donors (Lipinski definition) is 1. The standard InChI is InChI=1S/C20H28N2O6/c1-7-14(21-19(25)28-20(2,3)4)17(23)22-15-9-8-13(26-5)10-12(15)11-16(22)18(24)27-6/h8-10,14,16H,7,11H2,1-6H3,(H,21,25)/t14-,16+/m0/s1. The second-order valence-corrected chi connectivity index (χ2v) is 7.55. The molecule has 8 heteroatoms. The average molecular weight is 392 g/mol. The van der Waals surface area contributed by atoms with Gasteiger partial charge in [-0.25, -0.2) is 9.59 Å². The molecule has 0 aliphatic carbocycles. The van der Waals surface area contributed by atoms with Gasteiger partial charge >= 0.3 is 12.1 Å². The lowest BCUT2D eigenvalue weighted by molar-refractivity contribution is -0.143. The van der Waals surface area contributed by atoms with Gasteiger partial charge in [0.1, 0.15) is 23.4 Å². The molecule has 1 aromatic carbocycles. The van der Waals surface area contributed by atoms with Crippen molar-refractivity contribution in [2.75, 3.05) is 19.1 Å². The van der Waals surface area contributed by atoms with Gasteiger partial charge in [0, 0.05) is 12.1 Å². The highest BCUT2D eigenvalue weighted by atomic mass is 16.6. The van der Waals surface area contributed by atoms with E-state index in [9.17, 15) is 14.4 Å². The largest absolute Gasteiger partial charge is 0.497 e. The number of methoxy groups -OCH3 is 2. The molecule has 8 nitrogen and oxygen atoms in total. The molecule has 0 unspecified atom stereocenters. The maximum Gasteiger partial charge on any atom is 0.408 e. The summed E-state index contributed by atoms with van der Waals surface area (Å²) in [5, 5.41) is 2.60. The Hall–Kier alpha value is -2.77. The number of hydrogen-bond acceptors (Lipinski definition) is 6. The molecule has 0 spiro atoms. The van der Waals surface area contributed by atoms with Crippen LogP contribution in [0.5, 0.6) is 5.75 Å². The number of benzene rings is 1. The van der Waals surface area contributed by atoms with Crippen LogP contribution in [0.2, 0.25) is 0 Å². The lowest BCUT2D eigenvalue weighted by Crippen LogP contribution is -2.53. The first-order valence-corrected chi connectivity index (χ1v) is 9.18. The Morgan fingerprint density at radius 3 is 2.46 bits per heavy atom. The van der Waals surface area contributed by atoms with Crippen LogP contribution in [0.15, 0.2) is 18.2 Å². The maximum absolute atomic E-state index is 13.2. The van der Waals surface area contributed by atoms with Gasteiger partial charge in [-0.15, -0.1) is 0 Å². The molecule has 2 rings (SSSR count). The third-order valence-corrected chi connectivity index (χ3v) is 4.38. The molecule has 0 aromatic heterocycles. The SMILES string of the molecule is CC[C@H](NC(=O)OC(C)(C)C)C(=O)N1c2ccc(OC)cc2C[C@@H]1C(=O)OC. The molecule has 28 heavy (non-hydrogen) atoms. The average Bonchev–Trinajstić information content (AvgIpc) is 3.01. The Morgan fingerprint density at radius 1 is 1.25 bits per heavy atom. The van der Waals surface area contributed by atoms with Gasteiger partial charge in [0.25, 0.3) is 5.91 Å². The van der Waals surface area contributed by atoms with E-state index in [4.69, 9.17) is 14.2 Å². The summed E-state index contributed by atoms with van der Waals surface area (Å²) in [5.41, 5.74) is 0.720. The van der Waals surface area contributed by atoms with Crippen molar-refractivity contribution in [3.05, 3.63) is 23.8 Å². The molecule has 1 heterocycles. The Balaban J connectivity index is 2.31. The third kappa shape index (κ3) is 4.74. The highest BCUT2D eigenvalue weighted by molar-refractivity contribution is 6.05. The van der Waals surface area contributed by atoms with Gasteiger partial charge in [-0.2, -0.15) is 0 Å². The van der Waals surface area contributed by atoms with Gasteiger partial charge in [-0.1, -0.05) is 6.92 Å². The van der Waals surface area contributed by atoms with Crippen molar-refractivity contribution in [3.63, 3.8) is 0 Å². The number of fused-ring (bicyclic) bond motifs is 1. The van der Waals surface area contributed by atoms with E-state index < -0.39 is 35.7 Å². The molecule has 2 atom stereocenters. The second kappa shape index (κ2) is 8.50. The van der Waals surface area contributed by atoms with Crippen LogP contribution in [0.25, 0.3) is 0 Å². The summed E-state index contributed by atoms with van der Waals surface area (Å²) in [4.78, 5) is 39.1.